The van der Waals surface area contributed by atoms with E-state index in [-0.39, 0.29) is 5.91 Å². The van der Waals surface area contributed by atoms with Gasteiger partial charge in [-0.05, 0) is 24.8 Å². The molecule has 2 heterocycles. The van der Waals surface area contributed by atoms with E-state index in [0.717, 1.165) is 48.3 Å². The minimum atomic E-state index is 0.166. The number of hydrogen-bond acceptors (Lipinski definition) is 1. The molecule has 1 aliphatic heterocycles. The third-order valence-corrected chi connectivity index (χ3v) is 3.89. The van der Waals surface area contributed by atoms with Crippen LogP contribution in [0.2, 0.25) is 0 Å². The van der Waals surface area contributed by atoms with Crippen LogP contribution in [0.25, 0.3) is 10.9 Å². The molecule has 0 saturated carbocycles. The Morgan fingerprint density at radius 1 is 1.28 bits per heavy atom. The Kier molecular flexibility index (Phi) is 2.82. The summed E-state index contributed by atoms with van der Waals surface area (Å²) >= 11 is 0. The maximum absolute atomic E-state index is 12.5. The second-order valence-electron chi connectivity index (χ2n) is 5.22. The average Bonchev–Trinajstić information content (AvgIpc) is 2.82. The van der Waals surface area contributed by atoms with Gasteiger partial charge in [-0.15, -0.1) is 0 Å². The van der Waals surface area contributed by atoms with E-state index in [2.05, 4.69) is 11.9 Å². The van der Waals surface area contributed by atoms with Gasteiger partial charge in [-0.1, -0.05) is 25.1 Å². The summed E-state index contributed by atoms with van der Waals surface area (Å²) in [6.45, 7) is 4.03. The van der Waals surface area contributed by atoms with Crippen molar-refractivity contribution < 1.29 is 4.79 Å². The summed E-state index contributed by atoms with van der Waals surface area (Å²) in [6.07, 6.45) is 4.08. The zero-order chi connectivity index (χ0) is 12.5. The van der Waals surface area contributed by atoms with Crippen LogP contribution in [0.5, 0.6) is 0 Å². The number of nitrogens with one attached hydrogen (secondary N) is 1. The SMILES string of the molecule is CC1CCN(C(=O)c2c[nH]c3ccccc23)CC1. The smallest absolute Gasteiger partial charge is 0.256 e. The number of likely N-dealkylation sites (tertiary alicyclic amines) is 1. The van der Waals surface area contributed by atoms with Crippen molar-refractivity contribution in [3.05, 3.63) is 36.0 Å². The standard InChI is InChI=1S/C15H18N2O/c1-11-6-8-17(9-7-11)15(18)13-10-16-14-5-3-2-4-12(13)14/h2-5,10-11,16H,6-9H2,1H3. The van der Waals surface area contributed by atoms with E-state index >= 15 is 0 Å². The van der Waals surface area contributed by atoms with E-state index in [9.17, 15) is 4.79 Å². The van der Waals surface area contributed by atoms with E-state index in [1.165, 1.54) is 0 Å². The van der Waals surface area contributed by atoms with Crippen molar-refractivity contribution in [3.8, 4) is 0 Å². The molecule has 1 saturated heterocycles. The summed E-state index contributed by atoms with van der Waals surface area (Å²) in [5.41, 5.74) is 1.84. The van der Waals surface area contributed by atoms with E-state index < -0.39 is 0 Å². The van der Waals surface area contributed by atoms with Crippen molar-refractivity contribution in [2.45, 2.75) is 19.8 Å². The summed E-state index contributed by atoms with van der Waals surface area (Å²) in [4.78, 5) is 17.6. The van der Waals surface area contributed by atoms with Crippen LogP contribution in [0.3, 0.4) is 0 Å². The Morgan fingerprint density at radius 3 is 2.78 bits per heavy atom. The molecule has 3 heteroatoms. The molecule has 0 bridgehead atoms. The van der Waals surface area contributed by atoms with Crippen LogP contribution < -0.4 is 0 Å². The van der Waals surface area contributed by atoms with Gasteiger partial charge in [0.05, 0.1) is 5.56 Å². The fourth-order valence-corrected chi connectivity index (χ4v) is 2.63. The third-order valence-electron chi connectivity index (χ3n) is 3.89. The Hall–Kier alpha value is -1.77. The quantitative estimate of drug-likeness (QED) is 0.819. The van der Waals surface area contributed by atoms with Crippen LogP contribution in [0.1, 0.15) is 30.1 Å². The zero-order valence-electron chi connectivity index (χ0n) is 10.6. The number of piperidine rings is 1. The molecule has 94 valence electrons. The molecular formula is C15H18N2O. The number of para-hydroxylation sites is 1. The number of H-pyrrole nitrogens is 1. The number of hydrogen-bond donors (Lipinski definition) is 1. The lowest BCUT2D eigenvalue weighted by molar-refractivity contribution is 0.0699. The highest BCUT2D eigenvalue weighted by Crippen LogP contribution is 2.22. The highest BCUT2D eigenvalue weighted by atomic mass is 16.2. The number of amides is 1. The molecule has 0 atom stereocenters. The highest BCUT2D eigenvalue weighted by Gasteiger charge is 2.23. The summed E-state index contributed by atoms with van der Waals surface area (Å²) < 4.78 is 0. The number of carbonyl (C=O) groups is 1. The molecule has 1 fully saturated rings. The molecule has 1 amide bonds. The maximum atomic E-state index is 12.5. The van der Waals surface area contributed by atoms with Crippen molar-refractivity contribution in [2.75, 3.05) is 13.1 Å². The summed E-state index contributed by atoms with van der Waals surface area (Å²) in [6, 6.07) is 7.97. The van der Waals surface area contributed by atoms with E-state index in [0.29, 0.717) is 0 Å². The van der Waals surface area contributed by atoms with Crippen LogP contribution >= 0.6 is 0 Å². The van der Waals surface area contributed by atoms with Crippen molar-refractivity contribution in [2.24, 2.45) is 5.92 Å². The van der Waals surface area contributed by atoms with Gasteiger partial charge in [0.2, 0.25) is 0 Å². The Bertz CT molecular complexity index is 565. The third kappa shape index (κ3) is 1.90. The first-order valence-corrected chi connectivity index (χ1v) is 6.61. The first-order valence-electron chi connectivity index (χ1n) is 6.61. The zero-order valence-corrected chi connectivity index (χ0v) is 10.6. The highest BCUT2D eigenvalue weighted by molar-refractivity contribution is 6.06. The molecule has 1 aromatic heterocycles. The van der Waals surface area contributed by atoms with Crippen molar-refractivity contribution in [3.63, 3.8) is 0 Å². The molecule has 0 aliphatic carbocycles. The largest absolute Gasteiger partial charge is 0.360 e. The van der Waals surface area contributed by atoms with E-state index in [1.807, 2.05) is 35.4 Å². The number of nitrogens with zero attached hydrogens (tertiary/aromatic N) is 1. The Labute approximate surface area is 107 Å². The van der Waals surface area contributed by atoms with Crippen molar-refractivity contribution in [1.29, 1.82) is 0 Å². The normalized spacial score (nSPS) is 17.3. The lowest BCUT2D eigenvalue weighted by Crippen LogP contribution is -2.37. The van der Waals surface area contributed by atoms with Crippen molar-refractivity contribution in [1.82, 2.24) is 9.88 Å². The van der Waals surface area contributed by atoms with Gasteiger partial charge in [0.1, 0.15) is 0 Å². The number of aromatic nitrogens is 1. The van der Waals surface area contributed by atoms with Crippen LogP contribution in [0.15, 0.2) is 30.5 Å². The molecule has 3 rings (SSSR count). The van der Waals surface area contributed by atoms with Gasteiger partial charge < -0.3 is 9.88 Å². The molecular weight excluding hydrogens is 224 g/mol. The molecule has 2 aromatic rings. The van der Waals surface area contributed by atoms with Gasteiger partial charge in [0.25, 0.3) is 5.91 Å². The van der Waals surface area contributed by atoms with Gasteiger partial charge in [0, 0.05) is 30.2 Å². The summed E-state index contributed by atoms with van der Waals surface area (Å²) in [7, 11) is 0. The predicted octanol–water partition coefficient (Wildman–Crippen LogP) is 3.04. The molecule has 1 N–H and O–H groups in total. The lowest BCUT2D eigenvalue weighted by Gasteiger charge is -2.30. The molecule has 0 spiro atoms. The molecule has 1 aliphatic rings. The lowest BCUT2D eigenvalue weighted by atomic mass is 9.98. The predicted molar refractivity (Wildman–Crippen MR) is 72.6 cm³/mol. The number of fused-ring (bicyclic) bond motifs is 1. The van der Waals surface area contributed by atoms with Crippen LogP contribution in [-0.2, 0) is 0 Å². The fraction of sp³-hybridized carbons (Fsp3) is 0.400. The number of benzene rings is 1. The van der Waals surface area contributed by atoms with Crippen LogP contribution in [0.4, 0.5) is 0 Å². The maximum Gasteiger partial charge on any atom is 0.256 e. The van der Waals surface area contributed by atoms with E-state index in [4.69, 9.17) is 0 Å². The number of aromatic amines is 1. The van der Waals surface area contributed by atoms with Crippen molar-refractivity contribution >= 4 is 16.8 Å². The number of rotatable bonds is 1. The molecule has 0 unspecified atom stereocenters. The molecule has 1 aromatic carbocycles. The minimum absolute atomic E-state index is 0.166. The average molecular weight is 242 g/mol. The summed E-state index contributed by atoms with van der Waals surface area (Å²) in [5.74, 6) is 0.913. The molecule has 18 heavy (non-hydrogen) atoms. The Balaban J connectivity index is 1.88. The molecule has 3 nitrogen and oxygen atoms in total. The van der Waals surface area contributed by atoms with Crippen LogP contribution in [-0.4, -0.2) is 28.9 Å². The van der Waals surface area contributed by atoms with Gasteiger partial charge in [0.15, 0.2) is 0 Å². The topological polar surface area (TPSA) is 36.1 Å². The monoisotopic (exact) mass is 242 g/mol. The first kappa shape index (κ1) is 11.3. The van der Waals surface area contributed by atoms with Crippen LogP contribution in [0, 0.1) is 5.92 Å². The second kappa shape index (κ2) is 4.48. The van der Waals surface area contributed by atoms with Gasteiger partial charge in [-0.3, -0.25) is 4.79 Å². The van der Waals surface area contributed by atoms with Gasteiger partial charge in [-0.25, -0.2) is 0 Å². The van der Waals surface area contributed by atoms with E-state index in [1.54, 1.807) is 0 Å². The molecule has 0 radical (unpaired) electrons. The summed E-state index contributed by atoms with van der Waals surface area (Å²) in [5, 5.41) is 1.03. The first-order chi connectivity index (χ1) is 8.75. The number of carbonyl (C=O) groups excluding carboxylic acids is 1. The van der Waals surface area contributed by atoms with Gasteiger partial charge in [-0.2, -0.15) is 0 Å². The Morgan fingerprint density at radius 2 is 2.00 bits per heavy atom. The fourth-order valence-electron chi connectivity index (χ4n) is 2.63. The van der Waals surface area contributed by atoms with Gasteiger partial charge >= 0.3 is 0 Å². The minimum Gasteiger partial charge on any atom is -0.360 e. The second-order valence-corrected chi connectivity index (χ2v) is 5.22.